The quantitative estimate of drug-likeness (QED) is 0.678. The first-order valence-corrected chi connectivity index (χ1v) is 10.4. The number of nitrogens with zero attached hydrogens (tertiary/aromatic N) is 3. The van der Waals surface area contributed by atoms with Crippen LogP contribution in [0.2, 0.25) is 0 Å². The van der Waals surface area contributed by atoms with E-state index in [0.717, 1.165) is 43.9 Å². The highest BCUT2D eigenvalue weighted by Gasteiger charge is 2.28. The highest BCUT2D eigenvalue weighted by Crippen LogP contribution is 2.28. The van der Waals surface area contributed by atoms with E-state index in [9.17, 15) is 9.59 Å². The van der Waals surface area contributed by atoms with Gasteiger partial charge in [-0.2, -0.15) is 0 Å². The molecular formula is C23H23N5O3. The normalized spacial score (nSPS) is 16.2. The van der Waals surface area contributed by atoms with Crippen LogP contribution in [0.15, 0.2) is 59.3 Å². The average molecular weight is 417 g/mol. The van der Waals surface area contributed by atoms with Crippen LogP contribution in [0.3, 0.4) is 0 Å². The molecule has 0 radical (unpaired) electrons. The summed E-state index contributed by atoms with van der Waals surface area (Å²) in [5.41, 5.74) is 3.27. The third kappa shape index (κ3) is 3.77. The Balaban J connectivity index is 1.33. The van der Waals surface area contributed by atoms with Crippen LogP contribution >= 0.6 is 0 Å². The summed E-state index contributed by atoms with van der Waals surface area (Å²) in [6.07, 6.45) is 4.11. The van der Waals surface area contributed by atoms with Gasteiger partial charge in [-0.25, -0.2) is 0 Å². The second kappa shape index (κ2) is 8.23. The Morgan fingerprint density at radius 1 is 1.06 bits per heavy atom. The molecule has 1 saturated heterocycles. The van der Waals surface area contributed by atoms with E-state index >= 15 is 0 Å². The van der Waals surface area contributed by atoms with Crippen molar-refractivity contribution in [3.05, 3.63) is 71.7 Å². The van der Waals surface area contributed by atoms with Crippen LogP contribution in [-0.2, 0) is 6.42 Å². The lowest BCUT2D eigenvalue weighted by Gasteiger charge is -2.30. The predicted molar refractivity (Wildman–Crippen MR) is 118 cm³/mol. The standard InChI is InChI=1S/C23H23N5O3/c29-22(26-18-15-25-9-7-19(18)27-13-10-24-11-14-27)20-5-6-21(31-20)28-12-8-16-3-1-2-4-17(16)23(28)30/h1-7,9,15,24H,8,10-14H2,(H,26,29). The Kier molecular flexibility index (Phi) is 5.13. The number of pyridine rings is 1. The molecule has 2 amide bonds. The molecule has 2 aliphatic heterocycles. The van der Waals surface area contributed by atoms with E-state index in [-0.39, 0.29) is 17.6 Å². The number of furan rings is 1. The van der Waals surface area contributed by atoms with E-state index in [0.29, 0.717) is 23.7 Å². The van der Waals surface area contributed by atoms with Gasteiger partial charge in [0.2, 0.25) is 5.88 Å². The maximum Gasteiger partial charge on any atom is 0.291 e. The molecule has 2 N–H and O–H groups in total. The molecule has 8 heteroatoms. The number of amides is 2. The molecule has 4 heterocycles. The smallest absolute Gasteiger partial charge is 0.291 e. The van der Waals surface area contributed by atoms with Crippen molar-refractivity contribution in [1.29, 1.82) is 0 Å². The molecule has 0 atom stereocenters. The van der Waals surface area contributed by atoms with Crippen molar-refractivity contribution in [2.24, 2.45) is 0 Å². The monoisotopic (exact) mass is 417 g/mol. The van der Waals surface area contributed by atoms with Crippen molar-refractivity contribution in [3.63, 3.8) is 0 Å². The number of benzene rings is 1. The molecule has 8 nitrogen and oxygen atoms in total. The van der Waals surface area contributed by atoms with Gasteiger partial charge in [-0.1, -0.05) is 18.2 Å². The summed E-state index contributed by atoms with van der Waals surface area (Å²) in [6.45, 7) is 4.02. The Morgan fingerprint density at radius 3 is 2.77 bits per heavy atom. The highest BCUT2D eigenvalue weighted by atomic mass is 16.4. The van der Waals surface area contributed by atoms with E-state index in [2.05, 4.69) is 20.5 Å². The number of hydrogen-bond donors (Lipinski definition) is 2. The number of piperazine rings is 1. The highest BCUT2D eigenvalue weighted by molar-refractivity contribution is 6.08. The van der Waals surface area contributed by atoms with Gasteiger partial charge in [-0.15, -0.1) is 0 Å². The van der Waals surface area contributed by atoms with Gasteiger partial charge in [0, 0.05) is 50.6 Å². The van der Waals surface area contributed by atoms with E-state index < -0.39 is 0 Å². The maximum atomic E-state index is 12.9. The molecule has 5 rings (SSSR count). The average Bonchev–Trinajstić information content (AvgIpc) is 3.31. The first-order valence-electron chi connectivity index (χ1n) is 10.4. The minimum atomic E-state index is -0.375. The molecule has 0 spiro atoms. The lowest BCUT2D eigenvalue weighted by Crippen LogP contribution is -2.43. The van der Waals surface area contributed by atoms with Crippen LogP contribution < -0.4 is 20.4 Å². The lowest BCUT2D eigenvalue weighted by atomic mass is 9.99. The van der Waals surface area contributed by atoms with Crippen molar-refractivity contribution >= 4 is 29.1 Å². The topological polar surface area (TPSA) is 90.7 Å². The lowest BCUT2D eigenvalue weighted by molar-refractivity contribution is 0.0963. The number of carbonyl (C=O) groups is 2. The minimum Gasteiger partial charge on any atom is -0.435 e. The zero-order chi connectivity index (χ0) is 21.2. The van der Waals surface area contributed by atoms with Crippen molar-refractivity contribution in [1.82, 2.24) is 10.3 Å². The molecule has 1 aromatic carbocycles. The Morgan fingerprint density at radius 2 is 1.90 bits per heavy atom. The van der Waals surface area contributed by atoms with Crippen molar-refractivity contribution < 1.29 is 14.0 Å². The third-order valence-corrected chi connectivity index (χ3v) is 5.68. The van der Waals surface area contributed by atoms with Gasteiger partial charge in [-0.05, 0) is 30.2 Å². The Hall–Kier alpha value is -3.65. The fraction of sp³-hybridized carbons (Fsp3) is 0.261. The number of nitrogens with one attached hydrogen (secondary N) is 2. The third-order valence-electron chi connectivity index (χ3n) is 5.68. The SMILES string of the molecule is O=C(Nc1cnccc1N1CCNCC1)c1ccc(N2CCc3ccccc3C2=O)o1. The molecular weight excluding hydrogens is 394 g/mol. The first-order chi connectivity index (χ1) is 15.2. The van der Waals surface area contributed by atoms with Crippen molar-refractivity contribution in [2.45, 2.75) is 6.42 Å². The van der Waals surface area contributed by atoms with Crippen LogP contribution in [0, 0.1) is 0 Å². The molecule has 3 aromatic rings. The van der Waals surface area contributed by atoms with Crippen LogP contribution in [0.5, 0.6) is 0 Å². The van der Waals surface area contributed by atoms with E-state index in [1.54, 1.807) is 29.4 Å². The predicted octanol–water partition coefficient (Wildman–Crippen LogP) is 2.54. The Labute approximate surface area is 179 Å². The fourth-order valence-electron chi connectivity index (χ4n) is 4.08. The second-order valence-electron chi connectivity index (χ2n) is 7.59. The van der Waals surface area contributed by atoms with E-state index in [1.807, 2.05) is 30.3 Å². The summed E-state index contributed by atoms with van der Waals surface area (Å²) >= 11 is 0. The summed E-state index contributed by atoms with van der Waals surface area (Å²) in [6, 6.07) is 12.7. The first kappa shape index (κ1) is 19.3. The zero-order valence-corrected chi connectivity index (χ0v) is 17.0. The molecule has 31 heavy (non-hydrogen) atoms. The van der Waals surface area contributed by atoms with Crippen molar-refractivity contribution in [2.75, 3.05) is 47.8 Å². The minimum absolute atomic E-state index is 0.114. The van der Waals surface area contributed by atoms with Crippen LogP contribution in [0.4, 0.5) is 17.3 Å². The van der Waals surface area contributed by atoms with Gasteiger partial charge in [0.25, 0.3) is 11.8 Å². The van der Waals surface area contributed by atoms with Gasteiger partial charge < -0.3 is 20.0 Å². The summed E-state index contributed by atoms with van der Waals surface area (Å²) in [4.78, 5) is 33.7. The van der Waals surface area contributed by atoms with E-state index in [1.165, 1.54) is 0 Å². The molecule has 2 aliphatic rings. The van der Waals surface area contributed by atoms with Crippen molar-refractivity contribution in [3.8, 4) is 0 Å². The van der Waals surface area contributed by atoms with Crippen LogP contribution in [-0.4, -0.2) is 49.5 Å². The van der Waals surface area contributed by atoms with Gasteiger partial charge in [0.1, 0.15) is 0 Å². The number of carbonyl (C=O) groups excluding carboxylic acids is 2. The molecule has 1 fully saturated rings. The van der Waals surface area contributed by atoms with Gasteiger partial charge in [-0.3, -0.25) is 19.5 Å². The molecule has 0 bridgehead atoms. The summed E-state index contributed by atoms with van der Waals surface area (Å²) in [5, 5.41) is 6.23. The molecule has 0 aliphatic carbocycles. The zero-order valence-electron chi connectivity index (χ0n) is 17.0. The number of hydrogen-bond acceptors (Lipinski definition) is 6. The number of anilines is 3. The number of rotatable bonds is 4. The summed E-state index contributed by atoms with van der Waals surface area (Å²) in [7, 11) is 0. The molecule has 0 saturated carbocycles. The van der Waals surface area contributed by atoms with Gasteiger partial charge in [0.15, 0.2) is 5.76 Å². The van der Waals surface area contributed by atoms with Gasteiger partial charge >= 0.3 is 0 Å². The maximum absolute atomic E-state index is 12.9. The van der Waals surface area contributed by atoms with E-state index in [4.69, 9.17) is 4.42 Å². The summed E-state index contributed by atoms with van der Waals surface area (Å²) in [5.74, 6) is 0.0341. The molecule has 2 aromatic heterocycles. The number of fused-ring (bicyclic) bond motifs is 1. The fourth-order valence-corrected chi connectivity index (χ4v) is 4.08. The second-order valence-corrected chi connectivity index (χ2v) is 7.59. The molecule has 158 valence electrons. The summed E-state index contributed by atoms with van der Waals surface area (Å²) < 4.78 is 5.78. The van der Waals surface area contributed by atoms with Crippen LogP contribution in [0.1, 0.15) is 26.5 Å². The van der Waals surface area contributed by atoms with Crippen LogP contribution in [0.25, 0.3) is 0 Å². The largest absolute Gasteiger partial charge is 0.435 e. The number of aromatic nitrogens is 1. The van der Waals surface area contributed by atoms with Gasteiger partial charge in [0.05, 0.1) is 17.6 Å². The Bertz CT molecular complexity index is 1120. The molecule has 0 unspecified atom stereocenters.